The average Bonchev–Trinajstić information content (AvgIpc) is 2.99. The number of rotatable bonds is 3. The molecule has 1 aliphatic rings. The zero-order valence-corrected chi connectivity index (χ0v) is 8.53. The third-order valence-corrected chi connectivity index (χ3v) is 2.71. The van der Waals surface area contributed by atoms with Gasteiger partial charge < -0.3 is 5.11 Å². The number of allylic oxidation sites excluding steroid dienone is 1. The lowest BCUT2D eigenvalue weighted by molar-refractivity contribution is 0.343. The molecule has 0 aromatic heterocycles. The van der Waals surface area contributed by atoms with E-state index in [9.17, 15) is 0 Å². The zero-order valence-electron chi connectivity index (χ0n) is 8.53. The number of hydrogen-bond acceptors (Lipinski definition) is 1. The Labute approximate surface area is 85.1 Å². The summed E-state index contributed by atoms with van der Waals surface area (Å²) in [4.78, 5) is 0. The molecule has 0 aliphatic heterocycles. The van der Waals surface area contributed by atoms with Gasteiger partial charge in [-0.05, 0) is 36.8 Å². The summed E-state index contributed by atoms with van der Waals surface area (Å²) in [6, 6.07) is 8.55. The van der Waals surface area contributed by atoms with Gasteiger partial charge >= 0.3 is 0 Å². The van der Waals surface area contributed by atoms with E-state index in [-0.39, 0.29) is 6.61 Å². The van der Waals surface area contributed by atoms with Gasteiger partial charge in [0.2, 0.25) is 0 Å². The Morgan fingerprint density at radius 2 is 2.00 bits per heavy atom. The van der Waals surface area contributed by atoms with Crippen LogP contribution in [0.5, 0.6) is 0 Å². The second kappa shape index (κ2) is 3.97. The molecule has 0 amide bonds. The quantitative estimate of drug-likeness (QED) is 0.773. The van der Waals surface area contributed by atoms with Crippen LogP contribution in [0.25, 0.3) is 5.57 Å². The lowest BCUT2D eigenvalue weighted by Crippen LogP contribution is -1.89. The molecule has 0 saturated heterocycles. The fraction of sp³-hybridized carbons (Fsp3) is 0.385. The first-order valence-corrected chi connectivity index (χ1v) is 5.19. The summed E-state index contributed by atoms with van der Waals surface area (Å²) in [5.41, 5.74) is 3.88. The van der Waals surface area contributed by atoms with Crippen molar-refractivity contribution in [2.24, 2.45) is 5.92 Å². The second-order valence-electron chi connectivity index (χ2n) is 3.98. The summed E-state index contributed by atoms with van der Waals surface area (Å²) in [6.45, 7) is 2.25. The molecule has 14 heavy (non-hydrogen) atoms. The highest BCUT2D eigenvalue weighted by atomic mass is 16.2. The van der Waals surface area contributed by atoms with Crippen molar-refractivity contribution in [3.63, 3.8) is 0 Å². The van der Waals surface area contributed by atoms with Crippen LogP contribution in [0.2, 0.25) is 0 Å². The van der Waals surface area contributed by atoms with Crippen molar-refractivity contribution in [3.05, 3.63) is 41.5 Å². The normalized spacial score (nSPS) is 17.1. The van der Waals surface area contributed by atoms with Gasteiger partial charge in [0.25, 0.3) is 0 Å². The number of aryl methyl sites for hydroxylation is 1. The Hall–Kier alpha value is -1.08. The molecule has 1 nitrogen and oxygen atoms in total. The minimum Gasteiger partial charge on any atom is -0.392 e. The van der Waals surface area contributed by atoms with E-state index in [1.54, 1.807) is 0 Å². The van der Waals surface area contributed by atoms with Gasteiger partial charge in [0.1, 0.15) is 0 Å². The molecular weight excluding hydrogens is 172 g/mol. The molecule has 2 rings (SSSR count). The smallest absolute Gasteiger partial charge is 0.0618 e. The van der Waals surface area contributed by atoms with Gasteiger partial charge in [-0.1, -0.05) is 35.9 Å². The lowest BCUT2D eigenvalue weighted by Gasteiger charge is -2.06. The first kappa shape index (κ1) is 9.47. The lowest BCUT2D eigenvalue weighted by atomic mass is 10.0. The molecule has 1 N–H and O–H groups in total. The number of hydrogen-bond donors (Lipinski definition) is 1. The van der Waals surface area contributed by atoms with E-state index in [2.05, 4.69) is 31.2 Å². The molecule has 0 heterocycles. The molecule has 1 fully saturated rings. The van der Waals surface area contributed by atoms with Gasteiger partial charge in [0.15, 0.2) is 0 Å². The highest BCUT2D eigenvalue weighted by Gasteiger charge is 2.26. The number of benzene rings is 1. The fourth-order valence-electron chi connectivity index (χ4n) is 1.76. The van der Waals surface area contributed by atoms with Crippen molar-refractivity contribution >= 4 is 5.57 Å². The summed E-state index contributed by atoms with van der Waals surface area (Å²) in [6.07, 6.45) is 4.50. The summed E-state index contributed by atoms with van der Waals surface area (Å²) in [5.74, 6) is 0.699. The monoisotopic (exact) mass is 188 g/mol. The highest BCUT2D eigenvalue weighted by Crippen LogP contribution is 2.41. The van der Waals surface area contributed by atoms with Crippen molar-refractivity contribution in [1.82, 2.24) is 0 Å². The molecule has 1 heteroatoms. The molecule has 1 saturated carbocycles. The van der Waals surface area contributed by atoms with Crippen molar-refractivity contribution in [2.75, 3.05) is 6.61 Å². The van der Waals surface area contributed by atoms with E-state index in [0.717, 1.165) is 0 Å². The third-order valence-electron chi connectivity index (χ3n) is 2.71. The van der Waals surface area contributed by atoms with Gasteiger partial charge in [-0.25, -0.2) is 0 Å². The van der Waals surface area contributed by atoms with Crippen LogP contribution in [0.1, 0.15) is 24.0 Å². The van der Waals surface area contributed by atoms with Gasteiger partial charge in [0.05, 0.1) is 6.61 Å². The van der Waals surface area contributed by atoms with Crippen LogP contribution >= 0.6 is 0 Å². The Balaban J connectivity index is 2.26. The van der Waals surface area contributed by atoms with Gasteiger partial charge in [-0.2, -0.15) is 0 Å². The van der Waals surface area contributed by atoms with Crippen molar-refractivity contribution < 1.29 is 5.11 Å². The first-order valence-electron chi connectivity index (χ1n) is 5.19. The molecule has 0 atom stereocenters. The number of aliphatic hydroxyl groups excluding tert-OH is 1. The largest absolute Gasteiger partial charge is 0.392 e. The highest BCUT2D eigenvalue weighted by molar-refractivity contribution is 5.69. The van der Waals surface area contributed by atoms with Gasteiger partial charge in [-0.3, -0.25) is 0 Å². The van der Waals surface area contributed by atoms with Crippen molar-refractivity contribution in [1.29, 1.82) is 0 Å². The van der Waals surface area contributed by atoms with Crippen LogP contribution in [0.15, 0.2) is 30.3 Å². The van der Waals surface area contributed by atoms with E-state index < -0.39 is 0 Å². The van der Waals surface area contributed by atoms with E-state index in [1.807, 2.05) is 6.08 Å². The van der Waals surface area contributed by atoms with Crippen molar-refractivity contribution in [3.8, 4) is 0 Å². The second-order valence-corrected chi connectivity index (χ2v) is 3.98. The van der Waals surface area contributed by atoms with Crippen LogP contribution in [-0.2, 0) is 0 Å². The molecule has 0 spiro atoms. The Morgan fingerprint density at radius 1 is 1.36 bits per heavy atom. The van der Waals surface area contributed by atoms with E-state index in [1.165, 1.54) is 29.5 Å². The first-order chi connectivity index (χ1) is 6.81. The predicted octanol–water partition coefficient (Wildman–Crippen LogP) is 2.78. The molecule has 74 valence electrons. The summed E-state index contributed by atoms with van der Waals surface area (Å²) in [7, 11) is 0. The predicted molar refractivity (Wildman–Crippen MR) is 59.0 cm³/mol. The van der Waals surface area contributed by atoms with Gasteiger partial charge in [0, 0.05) is 0 Å². The average molecular weight is 188 g/mol. The maximum absolute atomic E-state index is 8.95. The standard InChI is InChI=1S/C13H16O/c1-10-2-4-11(5-3-10)13(8-9-14)12-6-7-12/h2-5,8,12,14H,6-7,9H2,1H3/b13-8+. The van der Waals surface area contributed by atoms with Crippen LogP contribution in [0.4, 0.5) is 0 Å². The fourth-order valence-corrected chi connectivity index (χ4v) is 1.76. The molecule has 1 aromatic rings. The topological polar surface area (TPSA) is 20.2 Å². The zero-order chi connectivity index (χ0) is 9.97. The molecular formula is C13H16O. The molecule has 0 unspecified atom stereocenters. The minimum absolute atomic E-state index is 0.152. The third kappa shape index (κ3) is 2.05. The summed E-state index contributed by atoms with van der Waals surface area (Å²) < 4.78 is 0. The Bertz CT molecular complexity index is 331. The maximum Gasteiger partial charge on any atom is 0.0618 e. The summed E-state index contributed by atoms with van der Waals surface area (Å²) in [5, 5.41) is 8.95. The van der Waals surface area contributed by atoms with Gasteiger partial charge in [-0.15, -0.1) is 0 Å². The maximum atomic E-state index is 8.95. The van der Waals surface area contributed by atoms with E-state index in [0.29, 0.717) is 5.92 Å². The van der Waals surface area contributed by atoms with E-state index in [4.69, 9.17) is 5.11 Å². The molecule has 1 aromatic carbocycles. The Morgan fingerprint density at radius 3 is 2.50 bits per heavy atom. The Kier molecular flexibility index (Phi) is 2.69. The molecule has 1 aliphatic carbocycles. The van der Waals surface area contributed by atoms with Crippen LogP contribution in [-0.4, -0.2) is 11.7 Å². The van der Waals surface area contributed by atoms with Crippen LogP contribution in [0.3, 0.4) is 0 Å². The van der Waals surface area contributed by atoms with Crippen LogP contribution < -0.4 is 0 Å². The van der Waals surface area contributed by atoms with E-state index >= 15 is 0 Å². The SMILES string of the molecule is Cc1ccc(/C(=C\CO)C2CC2)cc1. The molecule has 0 bridgehead atoms. The summed E-state index contributed by atoms with van der Waals surface area (Å²) >= 11 is 0. The number of aliphatic hydroxyl groups is 1. The minimum atomic E-state index is 0.152. The van der Waals surface area contributed by atoms with Crippen molar-refractivity contribution in [2.45, 2.75) is 19.8 Å². The molecule has 0 radical (unpaired) electrons. The van der Waals surface area contributed by atoms with Crippen LogP contribution in [0, 0.1) is 12.8 Å².